The molecule has 5 N–H and O–H groups in total. The van der Waals surface area contributed by atoms with Gasteiger partial charge >= 0.3 is 31.0 Å². The molecule has 0 aliphatic rings. The minimum Gasteiger partial charge on any atom is -1.00 e. The van der Waals surface area contributed by atoms with Gasteiger partial charge in [-0.15, -0.1) is 4.48 Å². The Hall–Kier alpha value is 0.140. The van der Waals surface area contributed by atoms with Crippen LogP contribution in [0.15, 0.2) is 0 Å². The summed E-state index contributed by atoms with van der Waals surface area (Å²) in [4.78, 5) is 9.00. The first-order chi connectivity index (χ1) is 4.00. The predicted molar refractivity (Wildman–Crippen MR) is 28.9 cm³/mol. The topological polar surface area (TPSA) is 87.6 Å². The molecule has 0 saturated carbocycles. The second-order valence-electron chi connectivity index (χ2n) is 0.836. The first-order valence-corrected chi connectivity index (χ1v) is 1.68. The van der Waals surface area contributed by atoms with Crippen molar-refractivity contribution in [1.29, 1.82) is 0 Å². The SMILES string of the molecule is CC(=O)O.FNN(F)F.N.[H+].[H-].[Na+]. The van der Waals surface area contributed by atoms with Gasteiger partial charge < -0.3 is 12.7 Å². The summed E-state index contributed by atoms with van der Waals surface area (Å²) in [6, 6.07) is 0. The Morgan fingerprint density at radius 1 is 1.73 bits per heavy atom. The summed E-state index contributed by atoms with van der Waals surface area (Å²) in [5, 5.41) is 7.42. The van der Waals surface area contributed by atoms with Crippen molar-refractivity contribution in [2.24, 2.45) is 0 Å². The molecule has 0 unspecified atom stereocenters. The van der Waals surface area contributed by atoms with Gasteiger partial charge in [-0.3, -0.25) is 4.79 Å². The predicted octanol–water partition coefficient (Wildman–Crippen LogP) is -2.07. The average Bonchev–Trinajstić information content (AvgIpc) is 1.65. The molecular weight excluding hydrogens is 178 g/mol. The molecule has 5 nitrogen and oxygen atoms in total. The first-order valence-electron chi connectivity index (χ1n) is 1.68. The van der Waals surface area contributed by atoms with E-state index in [2.05, 4.69) is 0 Å². The van der Waals surface area contributed by atoms with E-state index in [-0.39, 0.29) is 44.2 Å². The van der Waals surface area contributed by atoms with Crippen molar-refractivity contribution >= 4 is 5.97 Å². The van der Waals surface area contributed by atoms with Gasteiger partial charge in [-0.2, -0.15) is 0 Å². The van der Waals surface area contributed by atoms with Crippen molar-refractivity contribution in [3.8, 4) is 0 Å². The Kier molecular flexibility index (Phi) is 33.9. The van der Waals surface area contributed by atoms with Crippen molar-refractivity contribution < 1.29 is 55.8 Å². The average molecular weight is 188 g/mol. The number of halogens is 3. The molecule has 0 rings (SSSR count). The van der Waals surface area contributed by atoms with Crippen LogP contribution >= 0.6 is 0 Å². The number of nitrogens with zero attached hydrogens (tertiary/aromatic N) is 1. The van der Waals surface area contributed by atoms with Crippen LogP contribution in [0.5, 0.6) is 0 Å². The third-order valence-corrected chi connectivity index (χ3v) is 0.0639. The van der Waals surface area contributed by atoms with E-state index in [1.165, 1.54) is 0 Å². The molecule has 0 aromatic rings. The minimum absolute atomic E-state index is 0. The van der Waals surface area contributed by atoms with Gasteiger partial charge in [0.1, 0.15) is 5.45 Å². The summed E-state index contributed by atoms with van der Waals surface area (Å²) in [5.74, 6) is -0.833. The summed E-state index contributed by atoms with van der Waals surface area (Å²) in [5.41, 5.74) is -1.76. The van der Waals surface area contributed by atoms with E-state index in [4.69, 9.17) is 9.90 Å². The molecule has 11 heavy (non-hydrogen) atoms. The second-order valence-corrected chi connectivity index (χ2v) is 0.836. The maximum Gasteiger partial charge on any atom is 1.00 e. The van der Waals surface area contributed by atoms with E-state index in [9.17, 15) is 13.4 Å². The number of carboxylic acids is 1. The molecule has 0 bridgehead atoms. The number of hydrogen-bond acceptors (Lipinski definition) is 4. The van der Waals surface area contributed by atoms with Crippen molar-refractivity contribution in [3.05, 3.63) is 0 Å². The second kappa shape index (κ2) is 16.6. The van der Waals surface area contributed by atoms with Crippen molar-refractivity contribution in [2.75, 3.05) is 0 Å². The molecule has 0 spiro atoms. The van der Waals surface area contributed by atoms with Gasteiger partial charge in [-0.1, -0.05) is 8.96 Å². The Bertz CT molecular complexity index is 89.0. The van der Waals surface area contributed by atoms with E-state index in [1.807, 2.05) is 0 Å². The Morgan fingerprint density at radius 3 is 1.82 bits per heavy atom. The minimum atomic E-state index is -1.79. The van der Waals surface area contributed by atoms with Gasteiger partial charge in [0.15, 0.2) is 0 Å². The monoisotopic (exact) mass is 188 g/mol. The third-order valence-electron chi connectivity index (χ3n) is 0.0639. The molecule has 0 aliphatic heterocycles. The summed E-state index contributed by atoms with van der Waals surface area (Å²) in [7, 11) is 0. The van der Waals surface area contributed by atoms with Crippen LogP contribution in [-0.2, 0) is 4.79 Å². The number of hydrazine groups is 1. The number of hydrogen-bond donors (Lipinski definition) is 3. The Morgan fingerprint density at radius 2 is 1.82 bits per heavy atom. The molecule has 0 fully saturated rings. The van der Waals surface area contributed by atoms with Crippen LogP contribution in [-0.4, -0.2) is 16.5 Å². The third kappa shape index (κ3) is 147. The normalized spacial score (nSPS) is 6.64. The van der Waals surface area contributed by atoms with E-state index in [0.29, 0.717) is 0 Å². The van der Waals surface area contributed by atoms with E-state index >= 15 is 0 Å². The van der Waals surface area contributed by atoms with Gasteiger partial charge in [-0.05, 0) is 5.65 Å². The molecule has 0 atom stereocenters. The number of rotatable bonds is 1. The van der Waals surface area contributed by atoms with Crippen molar-refractivity contribution in [2.45, 2.75) is 6.92 Å². The van der Waals surface area contributed by atoms with Gasteiger partial charge in [0.25, 0.3) is 5.97 Å². The summed E-state index contributed by atoms with van der Waals surface area (Å²) < 4.78 is 30.3. The van der Waals surface area contributed by atoms with E-state index < -0.39 is 11.4 Å². The molecule has 0 amide bonds. The van der Waals surface area contributed by atoms with Gasteiger partial charge in [0, 0.05) is 6.92 Å². The van der Waals surface area contributed by atoms with Crippen molar-refractivity contribution in [3.63, 3.8) is 0 Å². The Labute approximate surface area is 86.2 Å². The summed E-state index contributed by atoms with van der Waals surface area (Å²) in [6.07, 6.45) is 0. The van der Waals surface area contributed by atoms with Crippen LogP contribution in [0.3, 0.4) is 0 Å². The maximum atomic E-state index is 10.1. The number of carboxylic acid groups (broad SMARTS) is 1. The van der Waals surface area contributed by atoms with Crippen LogP contribution < -0.4 is 41.4 Å². The molecular formula is C2H10F3N3NaO2+. The molecule has 0 saturated heterocycles. The fourth-order valence-corrected chi connectivity index (χ4v) is 0. The largest absolute Gasteiger partial charge is 1.00 e. The fourth-order valence-electron chi connectivity index (χ4n) is 0. The smallest absolute Gasteiger partial charge is 1.00 e. The molecule has 0 aromatic carbocycles. The number of aliphatic carboxylic acids is 1. The fraction of sp³-hybridized carbons (Fsp3) is 0.500. The van der Waals surface area contributed by atoms with Crippen LogP contribution in [0.25, 0.3) is 0 Å². The standard InChI is InChI=1S/C2H4O2.F3HN2.H3N.Na.H/c1-2(3)4;1-4-5(2)3;;;/h1H3,(H,3,4);4H;1H3;;/q;;;+1;-1/p+1. The van der Waals surface area contributed by atoms with Gasteiger partial charge in [0.05, 0.1) is 0 Å². The first kappa shape index (κ1) is 22.5. The van der Waals surface area contributed by atoms with Crippen LogP contribution in [0, 0.1) is 0 Å². The zero-order valence-corrected chi connectivity index (χ0v) is 8.14. The zero-order chi connectivity index (χ0) is 7.86. The summed E-state index contributed by atoms with van der Waals surface area (Å²) in [6.45, 7) is 1.08. The van der Waals surface area contributed by atoms with E-state index in [1.54, 1.807) is 0 Å². The quantitative estimate of drug-likeness (QED) is 0.250. The number of carbonyl (C=O) groups is 1. The summed E-state index contributed by atoms with van der Waals surface area (Å²) >= 11 is 0. The molecule has 0 radical (unpaired) electrons. The molecule has 9 heteroatoms. The Balaban J connectivity index is -0.0000000146. The van der Waals surface area contributed by atoms with Crippen LogP contribution in [0.1, 0.15) is 9.78 Å². The van der Waals surface area contributed by atoms with Crippen LogP contribution in [0.4, 0.5) is 13.4 Å². The zero-order valence-electron chi connectivity index (χ0n) is 8.14. The molecule has 0 aliphatic carbocycles. The van der Waals surface area contributed by atoms with Gasteiger partial charge in [-0.25, -0.2) is 0 Å². The number of nitrogens with one attached hydrogen (secondary N) is 1. The van der Waals surface area contributed by atoms with Crippen LogP contribution in [0.2, 0.25) is 0 Å². The molecule has 0 aromatic heterocycles. The van der Waals surface area contributed by atoms with Crippen molar-refractivity contribution in [1.82, 2.24) is 17.3 Å². The molecule has 66 valence electrons. The van der Waals surface area contributed by atoms with E-state index in [0.717, 1.165) is 6.92 Å². The maximum absolute atomic E-state index is 10.1. The molecule has 0 heterocycles. The van der Waals surface area contributed by atoms with Gasteiger partial charge in [0.2, 0.25) is 0 Å².